The van der Waals surface area contributed by atoms with Crippen LogP contribution in [0.15, 0.2) is 132 Å². The molecule has 0 unspecified atom stereocenters. The molecule has 0 radical (unpaired) electrons. The number of amidine groups is 1. The Morgan fingerprint density at radius 2 is 1.35 bits per heavy atom. The molecule has 1 aliphatic heterocycles. The van der Waals surface area contributed by atoms with E-state index in [-0.39, 0.29) is 12.8 Å². The van der Waals surface area contributed by atoms with Gasteiger partial charge in [-0.25, -0.2) is 5.01 Å². The fraction of sp³-hybridized carbons (Fsp3) is 0.0882. The van der Waals surface area contributed by atoms with Crippen LogP contribution < -0.4 is 14.6 Å². The molecule has 0 bridgehead atoms. The van der Waals surface area contributed by atoms with Crippen molar-refractivity contribution < 1.29 is 4.74 Å². The maximum Gasteiger partial charge on any atom is 0.162 e. The van der Waals surface area contributed by atoms with Gasteiger partial charge in [0.25, 0.3) is 0 Å². The van der Waals surface area contributed by atoms with Gasteiger partial charge in [0, 0.05) is 32.4 Å². The van der Waals surface area contributed by atoms with Crippen molar-refractivity contribution in [2.75, 3.05) is 9.91 Å². The first-order valence-corrected chi connectivity index (χ1v) is 13.8. The minimum absolute atomic E-state index is 0.257. The number of hydrogen-bond acceptors (Lipinski definition) is 4. The van der Waals surface area contributed by atoms with Crippen LogP contribution in [-0.2, 0) is 6.61 Å². The minimum atomic E-state index is -0.257. The lowest BCUT2D eigenvalue weighted by Crippen LogP contribution is -2.35. The van der Waals surface area contributed by atoms with E-state index in [9.17, 15) is 0 Å². The smallest absolute Gasteiger partial charge is 0.162 e. The molecule has 5 aromatic rings. The van der Waals surface area contributed by atoms with E-state index in [1.807, 2.05) is 66.7 Å². The highest BCUT2D eigenvalue weighted by Crippen LogP contribution is 2.41. The van der Waals surface area contributed by atoms with Crippen molar-refractivity contribution in [2.24, 2.45) is 5.10 Å². The number of para-hydroxylation sites is 1. The molecule has 0 fully saturated rings. The highest BCUT2D eigenvalue weighted by molar-refractivity contribution is 6.35. The van der Waals surface area contributed by atoms with Crippen LogP contribution in [0.3, 0.4) is 0 Å². The van der Waals surface area contributed by atoms with E-state index in [0.717, 1.165) is 39.7 Å². The van der Waals surface area contributed by atoms with Crippen LogP contribution in [0.1, 0.15) is 28.4 Å². The number of anilines is 2. The molecule has 0 N–H and O–H groups in total. The third-order valence-electron chi connectivity index (χ3n) is 6.87. The standard InChI is InChI=1S/C34H27Cl2N3O/c1-24-18-20-27(21-19-24)38-33(25-10-4-2-5-11-25)37-39(28-13-6-3-7-14-28)34(38)26-12-8-15-29(22-26)40-23-30-31(35)16-9-17-32(30)36/h2-22,34H,23H2,1H3/t34-/m1/s1. The van der Waals surface area contributed by atoms with Gasteiger partial charge in [-0.15, -0.1) is 0 Å². The van der Waals surface area contributed by atoms with Crippen LogP contribution >= 0.6 is 23.2 Å². The van der Waals surface area contributed by atoms with E-state index in [0.29, 0.717) is 10.0 Å². The summed E-state index contributed by atoms with van der Waals surface area (Å²) in [5, 5.41) is 8.46. The van der Waals surface area contributed by atoms with Gasteiger partial charge in [-0.1, -0.05) is 108 Å². The van der Waals surface area contributed by atoms with Gasteiger partial charge in [-0.05, 0) is 55.5 Å². The van der Waals surface area contributed by atoms with Crippen molar-refractivity contribution in [1.82, 2.24) is 0 Å². The highest BCUT2D eigenvalue weighted by Gasteiger charge is 2.38. The van der Waals surface area contributed by atoms with Crippen LogP contribution in [0, 0.1) is 6.92 Å². The second-order valence-electron chi connectivity index (χ2n) is 9.61. The zero-order valence-electron chi connectivity index (χ0n) is 21.9. The Balaban J connectivity index is 1.44. The summed E-state index contributed by atoms with van der Waals surface area (Å²) in [5.41, 5.74) is 6.06. The van der Waals surface area contributed by atoms with Crippen molar-refractivity contribution in [3.8, 4) is 5.75 Å². The quantitative estimate of drug-likeness (QED) is 0.197. The maximum atomic E-state index is 6.40. The van der Waals surface area contributed by atoms with E-state index in [2.05, 4.69) is 77.5 Å². The van der Waals surface area contributed by atoms with Crippen LogP contribution in [-0.4, -0.2) is 5.84 Å². The first kappa shape index (κ1) is 26.0. The monoisotopic (exact) mass is 563 g/mol. The molecule has 4 nitrogen and oxygen atoms in total. The van der Waals surface area contributed by atoms with Crippen molar-refractivity contribution >= 4 is 40.4 Å². The van der Waals surface area contributed by atoms with Crippen LogP contribution in [0.2, 0.25) is 10.0 Å². The largest absolute Gasteiger partial charge is 0.489 e. The van der Waals surface area contributed by atoms with Gasteiger partial charge in [0.2, 0.25) is 0 Å². The van der Waals surface area contributed by atoms with E-state index < -0.39 is 0 Å². The van der Waals surface area contributed by atoms with E-state index >= 15 is 0 Å². The first-order chi connectivity index (χ1) is 19.6. The number of aryl methyl sites for hydroxylation is 1. The highest BCUT2D eigenvalue weighted by atomic mass is 35.5. The predicted molar refractivity (Wildman–Crippen MR) is 166 cm³/mol. The number of benzene rings is 5. The molecule has 6 rings (SSSR count). The van der Waals surface area contributed by atoms with Gasteiger partial charge in [0.1, 0.15) is 12.4 Å². The van der Waals surface area contributed by atoms with E-state index in [4.69, 9.17) is 33.0 Å². The van der Waals surface area contributed by atoms with Crippen molar-refractivity contribution in [1.29, 1.82) is 0 Å². The molecule has 1 atom stereocenters. The Labute approximate surface area is 244 Å². The molecule has 6 heteroatoms. The Bertz CT molecular complexity index is 1620. The fourth-order valence-corrected chi connectivity index (χ4v) is 5.35. The summed E-state index contributed by atoms with van der Waals surface area (Å²) in [4.78, 5) is 2.28. The Morgan fingerprint density at radius 3 is 2.05 bits per heavy atom. The van der Waals surface area contributed by atoms with Gasteiger partial charge in [-0.2, -0.15) is 5.10 Å². The van der Waals surface area contributed by atoms with Gasteiger partial charge < -0.3 is 4.74 Å². The van der Waals surface area contributed by atoms with Crippen molar-refractivity contribution in [3.63, 3.8) is 0 Å². The minimum Gasteiger partial charge on any atom is -0.489 e. The molecule has 0 aliphatic carbocycles. The second kappa shape index (κ2) is 11.5. The second-order valence-corrected chi connectivity index (χ2v) is 10.4. The van der Waals surface area contributed by atoms with Crippen LogP contribution in [0.5, 0.6) is 5.75 Å². The average Bonchev–Trinajstić information content (AvgIpc) is 3.39. The number of nitrogens with zero attached hydrogens (tertiary/aromatic N) is 3. The number of hydrazone groups is 1. The predicted octanol–water partition coefficient (Wildman–Crippen LogP) is 9.27. The summed E-state index contributed by atoms with van der Waals surface area (Å²) in [5.74, 6) is 1.59. The lowest BCUT2D eigenvalue weighted by atomic mass is 10.1. The zero-order chi connectivity index (χ0) is 27.5. The number of halogens is 2. The third kappa shape index (κ3) is 5.29. The van der Waals surface area contributed by atoms with Crippen LogP contribution in [0.4, 0.5) is 11.4 Å². The number of hydrogen-bond donors (Lipinski definition) is 0. The summed E-state index contributed by atoms with van der Waals surface area (Å²) in [6, 6.07) is 42.7. The number of ether oxygens (including phenoxy) is 1. The molecule has 40 heavy (non-hydrogen) atoms. The summed E-state index contributed by atoms with van der Waals surface area (Å²) < 4.78 is 6.22. The average molecular weight is 565 g/mol. The third-order valence-corrected chi connectivity index (χ3v) is 7.58. The Morgan fingerprint density at radius 1 is 0.700 bits per heavy atom. The van der Waals surface area contributed by atoms with E-state index in [1.165, 1.54) is 5.56 Å². The fourth-order valence-electron chi connectivity index (χ4n) is 4.84. The summed E-state index contributed by atoms with van der Waals surface area (Å²) in [6.45, 7) is 2.36. The lowest BCUT2D eigenvalue weighted by molar-refractivity contribution is 0.306. The molecule has 198 valence electrons. The molecule has 0 aromatic heterocycles. The molecule has 0 spiro atoms. The molecule has 0 saturated heterocycles. The normalized spacial score (nSPS) is 14.8. The number of rotatable bonds is 7. The van der Waals surface area contributed by atoms with Crippen LogP contribution in [0.25, 0.3) is 0 Å². The first-order valence-electron chi connectivity index (χ1n) is 13.1. The van der Waals surface area contributed by atoms with Gasteiger partial charge in [0.15, 0.2) is 12.0 Å². The van der Waals surface area contributed by atoms with Gasteiger partial charge in [0.05, 0.1) is 5.69 Å². The van der Waals surface area contributed by atoms with E-state index in [1.54, 1.807) is 0 Å². The Kier molecular flexibility index (Phi) is 7.45. The summed E-state index contributed by atoms with van der Waals surface area (Å²) >= 11 is 12.8. The lowest BCUT2D eigenvalue weighted by Gasteiger charge is -2.32. The summed E-state index contributed by atoms with van der Waals surface area (Å²) in [7, 11) is 0. The summed E-state index contributed by atoms with van der Waals surface area (Å²) in [6.07, 6.45) is -0.257. The van der Waals surface area contributed by atoms with Gasteiger partial charge in [-0.3, -0.25) is 4.90 Å². The topological polar surface area (TPSA) is 28.1 Å². The molecule has 0 amide bonds. The maximum absolute atomic E-state index is 6.40. The zero-order valence-corrected chi connectivity index (χ0v) is 23.4. The van der Waals surface area contributed by atoms with Crippen molar-refractivity contribution in [3.05, 3.63) is 160 Å². The Hall–Kier alpha value is -4.25. The van der Waals surface area contributed by atoms with Crippen molar-refractivity contribution in [2.45, 2.75) is 19.7 Å². The molecule has 1 heterocycles. The molecular formula is C34H27Cl2N3O. The molecule has 5 aromatic carbocycles. The molecular weight excluding hydrogens is 537 g/mol. The SMILES string of the molecule is Cc1ccc(N2C(c3ccccc3)=NN(c3ccccc3)[C@@H]2c2cccc(OCc3c(Cl)cccc3Cl)c2)cc1. The van der Waals surface area contributed by atoms with Gasteiger partial charge >= 0.3 is 0 Å². The molecule has 1 aliphatic rings. The molecule has 0 saturated carbocycles.